The molecule has 0 fully saturated rings. The second kappa shape index (κ2) is 13.0. The fraction of sp³-hybridized carbons (Fsp3) is 0.273. The normalized spacial score (nSPS) is 9.97. The minimum atomic E-state index is 0. The summed E-state index contributed by atoms with van der Waals surface area (Å²) < 4.78 is 2.05. The highest BCUT2D eigenvalue weighted by Gasteiger charge is 2.07. The van der Waals surface area contributed by atoms with E-state index in [1.807, 2.05) is 36.3 Å². The molecule has 0 aliphatic heterocycles. The van der Waals surface area contributed by atoms with Crippen LogP contribution < -0.4 is 10.6 Å². The first-order chi connectivity index (χ1) is 13.3. The average Bonchev–Trinajstić information content (AvgIpc) is 3.20. The number of imidazole rings is 1. The monoisotopic (exact) mass is 434 g/mol. The highest BCUT2D eigenvalue weighted by Crippen LogP contribution is 2.24. The molecule has 0 atom stereocenters. The van der Waals surface area contributed by atoms with E-state index in [2.05, 4.69) is 52.0 Å². The van der Waals surface area contributed by atoms with Gasteiger partial charge < -0.3 is 15.2 Å². The van der Waals surface area contributed by atoms with Crippen LogP contribution in [-0.4, -0.2) is 29.1 Å². The molecule has 2 N–H and O–H groups in total. The van der Waals surface area contributed by atoms with Crippen molar-refractivity contribution in [3.8, 4) is 11.1 Å². The molecular formula is C22H28Cl2N4O. The Bertz CT molecular complexity index is 852. The van der Waals surface area contributed by atoms with Crippen molar-refractivity contribution >= 4 is 30.7 Å². The number of hydrogen-bond donors (Lipinski definition) is 2. The zero-order valence-corrected chi connectivity index (χ0v) is 18.1. The van der Waals surface area contributed by atoms with E-state index in [9.17, 15) is 4.79 Å². The first-order valence-corrected chi connectivity index (χ1v) is 9.30. The summed E-state index contributed by atoms with van der Waals surface area (Å²) in [6, 6.07) is 16.8. The highest BCUT2D eigenvalue weighted by atomic mass is 35.5. The zero-order chi connectivity index (χ0) is 18.9. The second-order valence-electron chi connectivity index (χ2n) is 6.57. The van der Waals surface area contributed by atoms with Crippen molar-refractivity contribution in [2.75, 3.05) is 13.6 Å². The molecule has 29 heavy (non-hydrogen) atoms. The van der Waals surface area contributed by atoms with E-state index in [0.29, 0.717) is 13.0 Å². The molecule has 0 aliphatic rings. The van der Waals surface area contributed by atoms with Crippen LogP contribution in [0.4, 0.5) is 0 Å². The first-order valence-electron chi connectivity index (χ1n) is 9.30. The molecule has 0 spiro atoms. The lowest BCUT2D eigenvalue weighted by atomic mass is 9.98. The molecule has 5 nitrogen and oxygen atoms in total. The predicted molar refractivity (Wildman–Crippen MR) is 123 cm³/mol. The summed E-state index contributed by atoms with van der Waals surface area (Å²) in [5, 5.41) is 6.09. The topological polar surface area (TPSA) is 59.0 Å². The van der Waals surface area contributed by atoms with Gasteiger partial charge in [0.05, 0.1) is 6.33 Å². The van der Waals surface area contributed by atoms with E-state index in [1.165, 1.54) is 5.56 Å². The molecule has 3 aromatic rings. The third-order valence-electron chi connectivity index (χ3n) is 4.51. The number of hydrogen-bond acceptors (Lipinski definition) is 3. The van der Waals surface area contributed by atoms with Crippen molar-refractivity contribution < 1.29 is 4.79 Å². The lowest BCUT2D eigenvalue weighted by molar-refractivity contribution is -0.121. The quantitative estimate of drug-likeness (QED) is 0.499. The standard InChI is InChI=1S/C22H26N4O.2ClH/c1-23-12-4-7-22(27)25-15-20-5-2-3-6-21(20)19-10-8-18(9-11-19)16-26-14-13-24-17-26;;/h2-3,5-6,8-11,13-14,17,23H,4,7,12,15-16H2,1H3,(H,25,27);2*1H. The number of amides is 1. The minimum Gasteiger partial charge on any atom is -0.352 e. The van der Waals surface area contributed by atoms with Crippen molar-refractivity contribution in [2.45, 2.75) is 25.9 Å². The van der Waals surface area contributed by atoms with Gasteiger partial charge in [0.2, 0.25) is 5.91 Å². The molecule has 1 aromatic heterocycles. The molecule has 0 radical (unpaired) electrons. The highest BCUT2D eigenvalue weighted by molar-refractivity contribution is 5.85. The van der Waals surface area contributed by atoms with Crippen LogP contribution >= 0.6 is 24.8 Å². The Morgan fingerprint density at radius 1 is 1.07 bits per heavy atom. The largest absolute Gasteiger partial charge is 0.352 e. The van der Waals surface area contributed by atoms with Gasteiger partial charge in [-0.3, -0.25) is 4.79 Å². The predicted octanol–water partition coefficient (Wildman–Crippen LogP) is 4.06. The lowest BCUT2D eigenvalue weighted by Crippen LogP contribution is -2.23. The summed E-state index contributed by atoms with van der Waals surface area (Å²) >= 11 is 0. The fourth-order valence-electron chi connectivity index (χ4n) is 3.04. The Morgan fingerprint density at radius 3 is 2.52 bits per heavy atom. The lowest BCUT2D eigenvalue weighted by Gasteiger charge is -2.12. The van der Waals surface area contributed by atoms with Gasteiger partial charge in [-0.15, -0.1) is 24.8 Å². The van der Waals surface area contributed by atoms with Gasteiger partial charge in [-0.1, -0.05) is 48.5 Å². The summed E-state index contributed by atoms with van der Waals surface area (Å²) in [5.74, 6) is 0.0933. The summed E-state index contributed by atoms with van der Waals surface area (Å²) in [6.07, 6.45) is 6.97. The van der Waals surface area contributed by atoms with E-state index in [4.69, 9.17) is 0 Å². The second-order valence-corrected chi connectivity index (χ2v) is 6.57. The smallest absolute Gasteiger partial charge is 0.220 e. The number of nitrogens with one attached hydrogen (secondary N) is 2. The van der Waals surface area contributed by atoms with Gasteiger partial charge in [0, 0.05) is 31.9 Å². The number of carbonyl (C=O) groups is 1. The van der Waals surface area contributed by atoms with E-state index in [-0.39, 0.29) is 30.7 Å². The van der Waals surface area contributed by atoms with E-state index < -0.39 is 0 Å². The van der Waals surface area contributed by atoms with Gasteiger partial charge in [0.15, 0.2) is 0 Å². The summed E-state index contributed by atoms with van der Waals surface area (Å²) in [5.41, 5.74) is 4.67. The third kappa shape index (κ3) is 7.54. The summed E-state index contributed by atoms with van der Waals surface area (Å²) in [7, 11) is 1.90. The van der Waals surface area contributed by atoms with Crippen LogP contribution in [0.2, 0.25) is 0 Å². The maximum Gasteiger partial charge on any atom is 0.220 e. The SMILES string of the molecule is CNCCCC(=O)NCc1ccccc1-c1ccc(Cn2ccnc2)cc1.Cl.Cl. The molecule has 156 valence electrons. The molecule has 0 aliphatic carbocycles. The molecule has 0 saturated carbocycles. The van der Waals surface area contributed by atoms with E-state index >= 15 is 0 Å². The van der Waals surface area contributed by atoms with Gasteiger partial charge >= 0.3 is 0 Å². The van der Waals surface area contributed by atoms with Crippen molar-refractivity contribution in [3.05, 3.63) is 78.4 Å². The fourth-order valence-corrected chi connectivity index (χ4v) is 3.04. The van der Waals surface area contributed by atoms with Crippen LogP contribution in [0.1, 0.15) is 24.0 Å². The Kier molecular flexibility index (Phi) is 11.1. The van der Waals surface area contributed by atoms with Crippen LogP contribution in [0, 0.1) is 0 Å². The Balaban J connectivity index is 0.00000210. The Hall–Kier alpha value is -2.34. The molecule has 0 saturated heterocycles. The molecule has 1 heterocycles. The first kappa shape index (κ1) is 24.7. The number of rotatable bonds is 9. The Labute approximate surface area is 184 Å². The van der Waals surface area contributed by atoms with Crippen molar-refractivity contribution in [2.24, 2.45) is 0 Å². The minimum absolute atomic E-state index is 0. The number of aromatic nitrogens is 2. The van der Waals surface area contributed by atoms with Crippen molar-refractivity contribution in [3.63, 3.8) is 0 Å². The van der Waals surface area contributed by atoms with Gasteiger partial charge in [-0.05, 0) is 42.3 Å². The van der Waals surface area contributed by atoms with Crippen LogP contribution in [0.3, 0.4) is 0 Å². The van der Waals surface area contributed by atoms with Gasteiger partial charge in [0.1, 0.15) is 0 Å². The van der Waals surface area contributed by atoms with E-state index in [1.54, 1.807) is 6.20 Å². The molecule has 0 unspecified atom stereocenters. The van der Waals surface area contributed by atoms with Gasteiger partial charge in [0.25, 0.3) is 0 Å². The Morgan fingerprint density at radius 2 is 1.83 bits per heavy atom. The van der Waals surface area contributed by atoms with E-state index in [0.717, 1.165) is 36.2 Å². The summed E-state index contributed by atoms with van der Waals surface area (Å²) in [4.78, 5) is 16.1. The van der Waals surface area contributed by atoms with Gasteiger partial charge in [-0.2, -0.15) is 0 Å². The molecule has 1 amide bonds. The molecule has 2 aromatic carbocycles. The van der Waals surface area contributed by atoms with Crippen molar-refractivity contribution in [1.29, 1.82) is 0 Å². The molecule has 7 heteroatoms. The number of carbonyl (C=O) groups excluding carboxylic acids is 1. The van der Waals surface area contributed by atoms with Gasteiger partial charge in [-0.25, -0.2) is 4.98 Å². The molecule has 0 bridgehead atoms. The maximum absolute atomic E-state index is 12.0. The average molecular weight is 435 g/mol. The number of halogens is 2. The van der Waals surface area contributed by atoms with Crippen LogP contribution in [0.25, 0.3) is 11.1 Å². The maximum atomic E-state index is 12.0. The molecule has 3 rings (SSSR count). The van der Waals surface area contributed by atoms with Crippen LogP contribution in [0.15, 0.2) is 67.3 Å². The number of nitrogens with zero attached hydrogens (tertiary/aromatic N) is 2. The third-order valence-corrected chi connectivity index (χ3v) is 4.51. The zero-order valence-electron chi connectivity index (χ0n) is 16.5. The summed E-state index contributed by atoms with van der Waals surface area (Å²) in [6.45, 7) is 2.21. The van der Waals surface area contributed by atoms with Crippen LogP contribution in [0.5, 0.6) is 0 Å². The number of benzene rings is 2. The van der Waals surface area contributed by atoms with Crippen LogP contribution in [-0.2, 0) is 17.9 Å². The molecular weight excluding hydrogens is 407 g/mol. The van der Waals surface area contributed by atoms with Crippen molar-refractivity contribution in [1.82, 2.24) is 20.2 Å².